The van der Waals surface area contributed by atoms with Gasteiger partial charge in [-0.25, -0.2) is 12.7 Å². The van der Waals surface area contributed by atoms with Crippen molar-refractivity contribution in [2.45, 2.75) is 11.8 Å². The summed E-state index contributed by atoms with van der Waals surface area (Å²) in [4.78, 5) is 15.3. The number of ether oxygens (including phenoxy) is 1. The first-order chi connectivity index (χ1) is 13.7. The van der Waals surface area contributed by atoms with Crippen molar-refractivity contribution in [3.63, 3.8) is 0 Å². The zero-order chi connectivity index (χ0) is 21.2. The van der Waals surface area contributed by atoms with E-state index < -0.39 is 15.9 Å². The second kappa shape index (κ2) is 8.71. The van der Waals surface area contributed by atoms with Gasteiger partial charge in [0, 0.05) is 43.6 Å². The van der Waals surface area contributed by atoms with Crippen molar-refractivity contribution in [3.8, 4) is 0 Å². The molecule has 3 rings (SSSR count). The van der Waals surface area contributed by atoms with E-state index >= 15 is 0 Å². The van der Waals surface area contributed by atoms with Crippen LogP contribution in [0, 0.1) is 6.92 Å². The first-order valence-electron chi connectivity index (χ1n) is 9.17. The van der Waals surface area contributed by atoms with E-state index in [1.165, 1.54) is 26.2 Å². The van der Waals surface area contributed by atoms with Crippen molar-refractivity contribution >= 4 is 38.9 Å². The fourth-order valence-corrected chi connectivity index (χ4v) is 4.17. The molecule has 1 N–H and O–H groups in total. The Morgan fingerprint density at radius 3 is 2.48 bits per heavy atom. The highest BCUT2D eigenvalue weighted by molar-refractivity contribution is 7.89. The quantitative estimate of drug-likeness (QED) is 0.777. The molecule has 0 aliphatic carbocycles. The van der Waals surface area contributed by atoms with Crippen LogP contribution in [-0.2, 0) is 14.8 Å². The van der Waals surface area contributed by atoms with Gasteiger partial charge in [0.25, 0.3) is 5.91 Å². The molecule has 1 amide bonds. The standard InChI is InChI=1S/C20H24ClN3O4S/c1-14-4-5-15(21)12-18(14)22-20(25)17-13-16(29(26,27)23(2)3)6-7-19(17)24-8-10-28-11-9-24/h4-7,12-13H,8-11H2,1-3H3,(H,22,25). The van der Waals surface area contributed by atoms with Gasteiger partial charge in [0.15, 0.2) is 0 Å². The number of nitrogens with one attached hydrogen (secondary N) is 1. The molecule has 7 nitrogen and oxygen atoms in total. The van der Waals surface area contributed by atoms with Crippen molar-refractivity contribution < 1.29 is 17.9 Å². The monoisotopic (exact) mass is 437 g/mol. The maximum atomic E-state index is 13.2. The number of benzene rings is 2. The Balaban J connectivity index is 2.04. The molecule has 0 radical (unpaired) electrons. The van der Waals surface area contributed by atoms with E-state index in [2.05, 4.69) is 5.32 Å². The minimum Gasteiger partial charge on any atom is -0.378 e. The number of anilines is 2. The summed E-state index contributed by atoms with van der Waals surface area (Å²) in [6, 6.07) is 9.87. The Labute approximate surface area is 176 Å². The molecule has 0 aromatic heterocycles. The average molecular weight is 438 g/mol. The zero-order valence-corrected chi connectivity index (χ0v) is 18.2. The van der Waals surface area contributed by atoms with Crippen LogP contribution in [0.15, 0.2) is 41.3 Å². The summed E-state index contributed by atoms with van der Waals surface area (Å²) in [6.45, 7) is 4.20. The summed E-state index contributed by atoms with van der Waals surface area (Å²) in [5.74, 6) is -0.396. The van der Waals surface area contributed by atoms with Crippen LogP contribution >= 0.6 is 11.6 Å². The molecule has 1 heterocycles. The van der Waals surface area contributed by atoms with Gasteiger partial charge in [-0.15, -0.1) is 0 Å². The molecule has 1 aliphatic rings. The zero-order valence-electron chi connectivity index (χ0n) is 16.6. The first-order valence-corrected chi connectivity index (χ1v) is 11.0. The van der Waals surface area contributed by atoms with E-state index in [0.29, 0.717) is 42.7 Å². The molecule has 9 heteroatoms. The molecule has 0 unspecified atom stereocenters. The second-order valence-electron chi connectivity index (χ2n) is 6.98. The van der Waals surface area contributed by atoms with Crippen LogP contribution in [0.2, 0.25) is 5.02 Å². The highest BCUT2D eigenvalue weighted by atomic mass is 35.5. The smallest absolute Gasteiger partial charge is 0.257 e. The van der Waals surface area contributed by atoms with Gasteiger partial charge >= 0.3 is 0 Å². The third kappa shape index (κ3) is 4.72. The van der Waals surface area contributed by atoms with Crippen molar-refractivity contribution in [1.29, 1.82) is 0 Å². The molecule has 0 saturated carbocycles. The van der Waals surface area contributed by atoms with Crippen molar-refractivity contribution in [2.24, 2.45) is 0 Å². The second-order valence-corrected chi connectivity index (χ2v) is 9.57. The van der Waals surface area contributed by atoms with E-state index in [0.717, 1.165) is 9.87 Å². The minimum absolute atomic E-state index is 0.0625. The fraction of sp³-hybridized carbons (Fsp3) is 0.350. The molecular formula is C20H24ClN3O4S. The number of halogens is 1. The van der Waals surface area contributed by atoms with Gasteiger partial charge in [0.1, 0.15) is 0 Å². The third-order valence-electron chi connectivity index (χ3n) is 4.79. The molecule has 156 valence electrons. The number of morpholine rings is 1. The first kappa shape index (κ1) is 21.6. The number of nitrogens with zero attached hydrogens (tertiary/aromatic N) is 2. The summed E-state index contributed by atoms with van der Waals surface area (Å²) >= 11 is 6.06. The van der Waals surface area contributed by atoms with Gasteiger partial charge in [-0.3, -0.25) is 4.79 Å². The number of hydrogen-bond donors (Lipinski definition) is 1. The maximum Gasteiger partial charge on any atom is 0.257 e. The molecule has 0 atom stereocenters. The maximum absolute atomic E-state index is 13.2. The van der Waals surface area contributed by atoms with Crippen molar-refractivity contribution in [1.82, 2.24) is 4.31 Å². The van der Waals surface area contributed by atoms with Crippen LogP contribution in [0.4, 0.5) is 11.4 Å². The van der Waals surface area contributed by atoms with Crippen LogP contribution in [0.25, 0.3) is 0 Å². The summed E-state index contributed by atoms with van der Waals surface area (Å²) in [6.07, 6.45) is 0. The number of carbonyl (C=O) groups excluding carboxylic acids is 1. The predicted molar refractivity (Wildman–Crippen MR) is 114 cm³/mol. The molecule has 1 fully saturated rings. The van der Waals surface area contributed by atoms with Crippen molar-refractivity contribution in [2.75, 3.05) is 50.6 Å². The molecule has 0 spiro atoms. The Kier molecular flexibility index (Phi) is 6.48. The van der Waals surface area contributed by atoms with E-state index in [1.807, 2.05) is 17.9 Å². The lowest BCUT2D eigenvalue weighted by Gasteiger charge is -2.30. The van der Waals surface area contributed by atoms with Crippen molar-refractivity contribution in [3.05, 3.63) is 52.5 Å². The number of aryl methyl sites for hydroxylation is 1. The van der Waals surface area contributed by atoms with Gasteiger partial charge in [0.05, 0.1) is 23.7 Å². The van der Waals surface area contributed by atoms with Crippen LogP contribution < -0.4 is 10.2 Å². The molecule has 2 aromatic carbocycles. The summed E-state index contributed by atoms with van der Waals surface area (Å²) in [5.41, 5.74) is 2.39. The normalized spacial score (nSPS) is 14.9. The lowest BCUT2D eigenvalue weighted by atomic mass is 10.1. The highest BCUT2D eigenvalue weighted by Gasteiger charge is 2.24. The van der Waals surface area contributed by atoms with Gasteiger partial charge < -0.3 is 15.0 Å². The number of amides is 1. The Morgan fingerprint density at radius 1 is 1.14 bits per heavy atom. The number of hydrogen-bond acceptors (Lipinski definition) is 5. The molecule has 1 saturated heterocycles. The number of carbonyl (C=O) groups is 1. The topological polar surface area (TPSA) is 79.0 Å². The van der Waals surface area contributed by atoms with Gasteiger partial charge in [-0.05, 0) is 42.8 Å². The van der Waals surface area contributed by atoms with Crippen LogP contribution in [-0.4, -0.2) is 59.0 Å². The Bertz CT molecular complexity index is 1020. The van der Waals surface area contributed by atoms with E-state index in [4.69, 9.17) is 16.3 Å². The number of rotatable bonds is 5. The Morgan fingerprint density at radius 2 is 1.83 bits per heavy atom. The molecule has 0 bridgehead atoms. The van der Waals surface area contributed by atoms with Gasteiger partial charge in [0.2, 0.25) is 10.0 Å². The van der Waals surface area contributed by atoms with Gasteiger partial charge in [-0.2, -0.15) is 0 Å². The van der Waals surface area contributed by atoms with E-state index in [9.17, 15) is 13.2 Å². The molecule has 1 aliphatic heterocycles. The minimum atomic E-state index is -3.68. The SMILES string of the molecule is Cc1ccc(Cl)cc1NC(=O)c1cc(S(=O)(=O)N(C)C)ccc1N1CCOCC1. The Hall–Kier alpha value is -2.13. The molecule has 2 aromatic rings. The predicted octanol–water partition coefficient (Wildman–Crippen LogP) is 2.99. The van der Waals surface area contributed by atoms with E-state index in [1.54, 1.807) is 18.2 Å². The molecular weight excluding hydrogens is 414 g/mol. The molecule has 29 heavy (non-hydrogen) atoms. The summed E-state index contributed by atoms with van der Waals surface area (Å²) < 4.78 is 31.7. The average Bonchev–Trinajstić information content (AvgIpc) is 2.70. The largest absolute Gasteiger partial charge is 0.378 e. The summed E-state index contributed by atoms with van der Waals surface area (Å²) in [7, 11) is -0.762. The lowest BCUT2D eigenvalue weighted by Crippen LogP contribution is -2.37. The van der Waals surface area contributed by atoms with Crippen LogP contribution in [0.3, 0.4) is 0 Å². The third-order valence-corrected chi connectivity index (χ3v) is 6.84. The lowest BCUT2D eigenvalue weighted by molar-refractivity contribution is 0.102. The highest BCUT2D eigenvalue weighted by Crippen LogP contribution is 2.28. The van der Waals surface area contributed by atoms with E-state index in [-0.39, 0.29) is 10.5 Å². The van der Waals surface area contributed by atoms with Crippen LogP contribution in [0.1, 0.15) is 15.9 Å². The fourth-order valence-electron chi connectivity index (χ4n) is 3.07. The summed E-state index contributed by atoms with van der Waals surface area (Å²) in [5, 5.41) is 3.37. The number of sulfonamides is 1. The van der Waals surface area contributed by atoms with Crippen LogP contribution in [0.5, 0.6) is 0 Å². The van der Waals surface area contributed by atoms with Gasteiger partial charge in [-0.1, -0.05) is 17.7 Å².